The molecule has 0 saturated carbocycles. The molecule has 0 amide bonds. The van der Waals surface area contributed by atoms with Gasteiger partial charge in [0.15, 0.2) is 0 Å². The molecule has 8 heteroatoms. The molecule has 25 heavy (non-hydrogen) atoms. The van der Waals surface area contributed by atoms with Gasteiger partial charge in [-0.1, -0.05) is 13.8 Å². The van der Waals surface area contributed by atoms with Crippen molar-refractivity contribution in [3.05, 3.63) is 28.2 Å². The van der Waals surface area contributed by atoms with Gasteiger partial charge in [0.1, 0.15) is 0 Å². The SMILES string of the molecule is CCN(CC)CCC[C@H](C)NS(=O)(=O)c1cc2[nH]c(=O)[nH]c2cc1C. The molecule has 1 aromatic heterocycles. The van der Waals surface area contributed by atoms with Crippen LogP contribution < -0.4 is 10.4 Å². The Morgan fingerprint density at radius 1 is 1.16 bits per heavy atom. The van der Waals surface area contributed by atoms with E-state index in [2.05, 4.69) is 33.4 Å². The van der Waals surface area contributed by atoms with Gasteiger partial charge in [-0.3, -0.25) is 0 Å². The number of nitrogens with zero attached hydrogens (tertiary/aromatic N) is 1. The number of benzene rings is 1. The summed E-state index contributed by atoms with van der Waals surface area (Å²) in [6.07, 6.45) is 1.71. The largest absolute Gasteiger partial charge is 0.323 e. The summed E-state index contributed by atoms with van der Waals surface area (Å²) in [7, 11) is -3.63. The molecule has 0 saturated heterocycles. The van der Waals surface area contributed by atoms with Gasteiger partial charge in [-0.15, -0.1) is 0 Å². The predicted molar refractivity (Wildman–Crippen MR) is 100 cm³/mol. The maximum atomic E-state index is 12.7. The summed E-state index contributed by atoms with van der Waals surface area (Å²) in [5, 5.41) is 0. The van der Waals surface area contributed by atoms with E-state index in [9.17, 15) is 13.2 Å². The van der Waals surface area contributed by atoms with Crippen LogP contribution >= 0.6 is 0 Å². The first-order valence-corrected chi connectivity index (χ1v) is 10.2. The van der Waals surface area contributed by atoms with E-state index in [1.165, 1.54) is 6.07 Å². The lowest BCUT2D eigenvalue weighted by Gasteiger charge is -2.20. The first-order chi connectivity index (χ1) is 11.8. The fourth-order valence-electron chi connectivity index (χ4n) is 3.01. The first kappa shape index (κ1) is 19.7. The van der Waals surface area contributed by atoms with Crippen molar-refractivity contribution in [2.45, 2.75) is 51.5 Å². The van der Waals surface area contributed by atoms with Crippen molar-refractivity contribution in [3.8, 4) is 0 Å². The molecule has 0 unspecified atom stereocenters. The highest BCUT2D eigenvalue weighted by Gasteiger charge is 2.20. The molecule has 0 spiro atoms. The average Bonchev–Trinajstić information content (AvgIpc) is 2.89. The highest BCUT2D eigenvalue weighted by molar-refractivity contribution is 7.89. The fraction of sp³-hybridized carbons (Fsp3) is 0.588. The van der Waals surface area contributed by atoms with Gasteiger partial charge in [0.2, 0.25) is 10.0 Å². The lowest BCUT2D eigenvalue weighted by atomic mass is 10.2. The Morgan fingerprint density at radius 2 is 1.76 bits per heavy atom. The molecule has 140 valence electrons. The molecular weight excluding hydrogens is 340 g/mol. The molecule has 7 nitrogen and oxygen atoms in total. The third kappa shape index (κ3) is 4.93. The predicted octanol–water partition coefficient (Wildman–Crippen LogP) is 1.95. The molecule has 3 N–H and O–H groups in total. The molecule has 2 rings (SSSR count). The molecule has 0 aliphatic rings. The standard InChI is InChI=1S/C17H28N4O3S/c1-5-21(6-2)9-7-8-13(4)20-25(23,24)16-11-15-14(10-12(16)3)18-17(22)19-15/h10-11,13,20H,5-9H2,1-4H3,(H2,18,19,22)/t13-/m0/s1. The van der Waals surface area contributed by atoms with Crippen molar-refractivity contribution in [2.24, 2.45) is 0 Å². The number of aryl methyl sites for hydroxylation is 1. The maximum Gasteiger partial charge on any atom is 0.323 e. The van der Waals surface area contributed by atoms with Crippen LogP contribution in [0.2, 0.25) is 0 Å². The molecule has 2 aromatic rings. The lowest BCUT2D eigenvalue weighted by Crippen LogP contribution is -2.34. The van der Waals surface area contributed by atoms with Crippen molar-refractivity contribution in [3.63, 3.8) is 0 Å². The summed E-state index contributed by atoms with van der Waals surface area (Å²) >= 11 is 0. The molecule has 1 heterocycles. The Labute approximate surface area is 148 Å². The Kier molecular flexibility index (Phi) is 6.42. The Morgan fingerprint density at radius 3 is 2.36 bits per heavy atom. The van der Waals surface area contributed by atoms with E-state index in [0.717, 1.165) is 32.5 Å². The van der Waals surface area contributed by atoms with Crippen LogP contribution in [0.3, 0.4) is 0 Å². The maximum absolute atomic E-state index is 12.7. The highest BCUT2D eigenvalue weighted by atomic mass is 32.2. The van der Waals surface area contributed by atoms with Gasteiger partial charge >= 0.3 is 5.69 Å². The van der Waals surface area contributed by atoms with E-state index < -0.39 is 10.0 Å². The molecule has 1 aromatic carbocycles. The molecule has 0 aliphatic heterocycles. The van der Waals surface area contributed by atoms with E-state index in [4.69, 9.17) is 0 Å². The lowest BCUT2D eigenvalue weighted by molar-refractivity contribution is 0.293. The summed E-state index contributed by atoms with van der Waals surface area (Å²) in [5.74, 6) is 0. The first-order valence-electron chi connectivity index (χ1n) is 8.74. The van der Waals surface area contributed by atoms with Crippen LogP contribution in [0, 0.1) is 6.92 Å². The third-order valence-electron chi connectivity index (χ3n) is 4.46. The van der Waals surface area contributed by atoms with Gasteiger partial charge in [-0.25, -0.2) is 17.9 Å². The van der Waals surface area contributed by atoms with Crippen LogP contribution in [0.1, 0.15) is 39.2 Å². The monoisotopic (exact) mass is 368 g/mol. The molecule has 1 atom stereocenters. The van der Waals surface area contributed by atoms with Crippen LogP contribution in [-0.2, 0) is 10.0 Å². The van der Waals surface area contributed by atoms with E-state index in [1.807, 2.05) is 6.92 Å². The molecule has 0 radical (unpaired) electrons. The Bertz CT molecular complexity index is 866. The molecule has 0 aliphatic carbocycles. The fourth-order valence-corrected chi connectivity index (χ4v) is 4.54. The van der Waals surface area contributed by atoms with Crippen LogP contribution in [0.4, 0.5) is 0 Å². The average molecular weight is 369 g/mol. The van der Waals surface area contributed by atoms with Gasteiger partial charge in [0, 0.05) is 6.04 Å². The van der Waals surface area contributed by atoms with E-state index in [0.29, 0.717) is 16.6 Å². The van der Waals surface area contributed by atoms with Crippen molar-refractivity contribution >= 4 is 21.1 Å². The zero-order valence-corrected chi connectivity index (χ0v) is 16.2. The zero-order valence-electron chi connectivity index (χ0n) is 15.3. The minimum atomic E-state index is -3.63. The number of nitrogens with one attached hydrogen (secondary N) is 3. The number of sulfonamides is 1. The quantitative estimate of drug-likeness (QED) is 0.630. The van der Waals surface area contributed by atoms with Gasteiger partial charge in [0.05, 0.1) is 15.9 Å². The second-order valence-corrected chi connectivity index (χ2v) is 8.12. The number of hydrogen-bond acceptors (Lipinski definition) is 4. The minimum Gasteiger partial charge on any atom is -0.306 e. The smallest absolute Gasteiger partial charge is 0.306 e. The third-order valence-corrected chi connectivity index (χ3v) is 6.19. The number of aromatic amines is 2. The molecule has 0 bridgehead atoms. The Balaban J connectivity index is 2.08. The number of aromatic nitrogens is 2. The van der Waals surface area contributed by atoms with Crippen LogP contribution in [0.5, 0.6) is 0 Å². The summed E-state index contributed by atoms with van der Waals surface area (Å²) in [4.78, 5) is 19.1. The van der Waals surface area contributed by atoms with E-state index in [-0.39, 0.29) is 16.6 Å². The highest BCUT2D eigenvalue weighted by Crippen LogP contribution is 2.20. The second kappa shape index (κ2) is 8.16. The van der Waals surface area contributed by atoms with Gasteiger partial charge in [0.25, 0.3) is 0 Å². The second-order valence-electron chi connectivity index (χ2n) is 6.43. The number of imidazole rings is 1. The molecular formula is C17H28N4O3S. The topological polar surface area (TPSA) is 98.1 Å². The van der Waals surface area contributed by atoms with E-state index in [1.54, 1.807) is 13.0 Å². The number of fused-ring (bicyclic) bond motifs is 1. The van der Waals surface area contributed by atoms with Crippen LogP contribution in [-0.4, -0.2) is 49.0 Å². The van der Waals surface area contributed by atoms with Crippen LogP contribution in [0.25, 0.3) is 11.0 Å². The van der Waals surface area contributed by atoms with E-state index >= 15 is 0 Å². The zero-order chi connectivity index (χ0) is 18.6. The summed E-state index contributed by atoms with van der Waals surface area (Å²) in [6, 6.07) is 3.03. The van der Waals surface area contributed by atoms with Crippen LogP contribution in [0.15, 0.2) is 21.8 Å². The van der Waals surface area contributed by atoms with Gasteiger partial charge < -0.3 is 14.9 Å². The van der Waals surface area contributed by atoms with Crippen molar-refractivity contribution < 1.29 is 8.42 Å². The van der Waals surface area contributed by atoms with Crippen molar-refractivity contribution in [1.29, 1.82) is 0 Å². The summed E-state index contributed by atoms with van der Waals surface area (Å²) < 4.78 is 28.1. The Hall–Kier alpha value is -1.64. The minimum absolute atomic E-state index is 0.152. The summed E-state index contributed by atoms with van der Waals surface area (Å²) in [5.41, 5.74) is 1.35. The number of hydrogen-bond donors (Lipinski definition) is 3. The van der Waals surface area contributed by atoms with Crippen molar-refractivity contribution in [2.75, 3.05) is 19.6 Å². The summed E-state index contributed by atoms with van der Waals surface area (Å²) in [6.45, 7) is 10.8. The number of rotatable bonds is 9. The normalized spacial score (nSPS) is 13.6. The van der Waals surface area contributed by atoms with Gasteiger partial charge in [-0.2, -0.15) is 0 Å². The number of H-pyrrole nitrogens is 2. The van der Waals surface area contributed by atoms with Gasteiger partial charge in [-0.05, 0) is 64.0 Å². The van der Waals surface area contributed by atoms with Crippen molar-refractivity contribution in [1.82, 2.24) is 19.6 Å². The molecule has 0 fully saturated rings.